The summed E-state index contributed by atoms with van der Waals surface area (Å²) < 4.78 is 11.1. The van der Waals surface area contributed by atoms with Gasteiger partial charge in [-0.2, -0.15) is 0 Å². The standard InChI is InChI=1S/C21H18O4/c1-2-12-24-18-8-5-7-16(13-18)21(23)25-20-17(14-22)11-10-15-6-3-4-9-19(15)20/h3-11,13-14H,2,12H2,1H3. The van der Waals surface area contributed by atoms with Crippen LogP contribution in [0.3, 0.4) is 0 Å². The minimum absolute atomic E-state index is 0.276. The quantitative estimate of drug-likeness (QED) is 0.374. The largest absolute Gasteiger partial charge is 0.494 e. The van der Waals surface area contributed by atoms with Crippen LogP contribution in [0, 0.1) is 0 Å². The molecule has 0 heterocycles. The minimum atomic E-state index is -0.526. The van der Waals surface area contributed by atoms with E-state index in [0.29, 0.717) is 29.8 Å². The van der Waals surface area contributed by atoms with Gasteiger partial charge in [0, 0.05) is 5.39 Å². The second-order valence-electron chi connectivity index (χ2n) is 5.59. The van der Waals surface area contributed by atoms with Gasteiger partial charge in [-0.3, -0.25) is 4.79 Å². The van der Waals surface area contributed by atoms with E-state index in [0.717, 1.165) is 17.2 Å². The smallest absolute Gasteiger partial charge is 0.343 e. The molecule has 0 unspecified atom stereocenters. The average molecular weight is 334 g/mol. The minimum Gasteiger partial charge on any atom is -0.494 e. The van der Waals surface area contributed by atoms with E-state index in [2.05, 4.69) is 0 Å². The molecule has 3 rings (SSSR count). The number of aldehydes is 1. The first-order valence-corrected chi connectivity index (χ1v) is 8.15. The van der Waals surface area contributed by atoms with Crippen LogP contribution in [0.2, 0.25) is 0 Å². The number of carbonyl (C=O) groups is 2. The summed E-state index contributed by atoms with van der Waals surface area (Å²) >= 11 is 0. The first-order valence-electron chi connectivity index (χ1n) is 8.15. The van der Waals surface area contributed by atoms with Crippen molar-refractivity contribution in [3.8, 4) is 11.5 Å². The van der Waals surface area contributed by atoms with E-state index in [1.54, 1.807) is 30.3 Å². The summed E-state index contributed by atoms with van der Waals surface area (Å²) in [5.74, 6) is 0.365. The van der Waals surface area contributed by atoms with E-state index in [-0.39, 0.29) is 5.75 Å². The molecule has 0 spiro atoms. The Morgan fingerprint density at radius 3 is 2.68 bits per heavy atom. The van der Waals surface area contributed by atoms with Crippen LogP contribution in [-0.2, 0) is 0 Å². The maximum absolute atomic E-state index is 12.6. The maximum Gasteiger partial charge on any atom is 0.343 e. The Bertz CT molecular complexity index is 915. The first kappa shape index (κ1) is 16.7. The lowest BCUT2D eigenvalue weighted by Gasteiger charge is -2.11. The van der Waals surface area contributed by atoms with Gasteiger partial charge < -0.3 is 9.47 Å². The number of fused-ring (bicyclic) bond motifs is 1. The number of esters is 1. The molecule has 0 N–H and O–H groups in total. The predicted molar refractivity (Wildman–Crippen MR) is 96.5 cm³/mol. The van der Waals surface area contributed by atoms with Gasteiger partial charge in [-0.05, 0) is 36.1 Å². The average Bonchev–Trinajstić information content (AvgIpc) is 2.66. The van der Waals surface area contributed by atoms with Gasteiger partial charge in [0.1, 0.15) is 11.5 Å². The number of carbonyl (C=O) groups excluding carboxylic acids is 2. The number of hydrogen-bond acceptors (Lipinski definition) is 4. The lowest BCUT2D eigenvalue weighted by atomic mass is 10.1. The van der Waals surface area contributed by atoms with Gasteiger partial charge in [-0.1, -0.05) is 43.3 Å². The van der Waals surface area contributed by atoms with Crippen molar-refractivity contribution in [2.24, 2.45) is 0 Å². The Kier molecular flexibility index (Phi) is 5.09. The summed E-state index contributed by atoms with van der Waals surface area (Å²) in [7, 11) is 0. The van der Waals surface area contributed by atoms with Crippen molar-refractivity contribution < 1.29 is 19.1 Å². The molecule has 4 nitrogen and oxygen atoms in total. The summed E-state index contributed by atoms with van der Waals surface area (Å²) in [6.07, 6.45) is 1.57. The fraction of sp³-hybridized carbons (Fsp3) is 0.143. The van der Waals surface area contributed by atoms with Crippen molar-refractivity contribution in [2.75, 3.05) is 6.61 Å². The molecule has 3 aromatic carbocycles. The molecule has 0 radical (unpaired) electrons. The zero-order valence-corrected chi connectivity index (χ0v) is 13.9. The van der Waals surface area contributed by atoms with Gasteiger partial charge >= 0.3 is 5.97 Å². The third kappa shape index (κ3) is 3.69. The molecule has 0 fully saturated rings. The molecule has 0 aliphatic heterocycles. The highest BCUT2D eigenvalue weighted by Gasteiger charge is 2.15. The normalized spacial score (nSPS) is 10.4. The zero-order chi connectivity index (χ0) is 17.6. The topological polar surface area (TPSA) is 52.6 Å². The monoisotopic (exact) mass is 334 g/mol. The van der Waals surface area contributed by atoms with E-state index in [9.17, 15) is 9.59 Å². The van der Waals surface area contributed by atoms with Crippen LogP contribution in [-0.4, -0.2) is 18.9 Å². The highest BCUT2D eigenvalue weighted by atomic mass is 16.5. The van der Waals surface area contributed by atoms with Crippen molar-refractivity contribution in [1.29, 1.82) is 0 Å². The third-order valence-electron chi connectivity index (χ3n) is 3.77. The van der Waals surface area contributed by atoms with Crippen LogP contribution in [0.4, 0.5) is 0 Å². The van der Waals surface area contributed by atoms with Crippen LogP contribution in [0.15, 0.2) is 60.7 Å². The Balaban J connectivity index is 1.93. The van der Waals surface area contributed by atoms with Crippen LogP contribution >= 0.6 is 0 Å². The Labute approximate surface area is 146 Å². The first-order chi connectivity index (χ1) is 12.2. The van der Waals surface area contributed by atoms with Gasteiger partial charge in [0.2, 0.25) is 0 Å². The van der Waals surface area contributed by atoms with Gasteiger partial charge in [0.15, 0.2) is 6.29 Å². The molecule has 0 aliphatic carbocycles. The molecule has 3 aromatic rings. The van der Waals surface area contributed by atoms with Crippen molar-refractivity contribution >= 4 is 23.0 Å². The molecule has 0 bridgehead atoms. The van der Waals surface area contributed by atoms with E-state index in [1.807, 2.05) is 37.3 Å². The molecule has 0 aliphatic rings. The lowest BCUT2D eigenvalue weighted by Crippen LogP contribution is -2.10. The highest BCUT2D eigenvalue weighted by Crippen LogP contribution is 2.30. The fourth-order valence-corrected chi connectivity index (χ4v) is 2.55. The molecule has 25 heavy (non-hydrogen) atoms. The van der Waals surface area contributed by atoms with Crippen LogP contribution in [0.5, 0.6) is 11.5 Å². The third-order valence-corrected chi connectivity index (χ3v) is 3.77. The van der Waals surface area contributed by atoms with Crippen molar-refractivity contribution in [3.63, 3.8) is 0 Å². The second kappa shape index (κ2) is 7.62. The SMILES string of the molecule is CCCOc1cccc(C(=O)Oc2c(C=O)ccc3ccccc23)c1. The van der Waals surface area contributed by atoms with Gasteiger partial charge in [-0.25, -0.2) is 4.79 Å². The van der Waals surface area contributed by atoms with E-state index in [4.69, 9.17) is 9.47 Å². The molecule has 0 atom stereocenters. The number of benzene rings is 3. The molecular formula is C21H18O4. The summed E-state index contributed by atoms with van der Waals surface area (Å²) in [5.41, 5.74) is 0.712. The maximum atomic E-state index is 12.6. The van der Waals surface area contributed by atoms with Gasteiger partial charge in [0.25, 0.3) is 0 Å². The van der Waals surface area contributed by atoms with Gasteiger partial charge in [0.05, 0.1) is 17.7 Å². The van der Waals surface area contributed by atoms with E-state index in [1.165, 1.54) is 0 Å². The van der Waals surface area contributed by atoms with Crippen LogP contribution in [0.25, 0.3) is 10.8 Å². The van der Waals surface area contributed by atoms with Crippen molar-refractivity contribution in [2.45, 2.75) is 13.3 Å². The number of rotatable bonds is 6. The summed E-state index contributed by atoms with van der Waals surface area (Å²) in [6, 6.07) is 17.8. The van der Waals surface area contributed by atoms with Crippen LogP contribution in [0.1, 0.15) is 34.1 Å². The van der Waals surface area contributed by atoms with Crippen LogP contribution < -0.4 is 9.47 Å². The second-order valence-corrected chi connectivity index (χ2v) is 5.59. The molecule has 0 saturated carbocycles. The molecule has 126 valence electrons. The molecule has 4 heteroatoms. The molecule has 0 aromatic heterocycles. The Morgan fingerprint density at radius 2 is 1.88 bits per heavy atom. The Morgan fingerprint density at radius 1 is 1.04 bits per heavy atom. The fourth-order valence-electron chi connectivity index (χ4n) is 2.55. The lowest BCUT2D eigenvalue weighted by molar-refractivity contribution is 0.0735. The van der Waals surface area contributed by atoms with Gasteiger partial charge in [-0.15, -0.1) is 0 Å². The summed E-state index contributed by atoms with van der Waals surface area (Å²) in [6.45, 7) is 2.59. The molecule has 0 amide bonds. The predicted octanol–water partition coefficient (Wildman–Crippen LogP) is 4.66. The van der Waals surface area contributed by atoms with E-state index < -0.39 is 5.97 Å². The van der Waals surface area contributed by atoms with Crippen molar-refractivity contribution in [1.82, 2.24) is 0 Å². The molecular weight excluding hydrogens is 316 g/mol. The molecule has 0 saturated heterocycles. The zero-order valence-electron chi connectivity index (χ0n) is 13.9. The number of ether oxygens (including phenoxy) is 2. The highest BCUT2D eigenvalue weighted by molar-refractivity contribution is 6.00. The Hall–Kier alpha value is -3.14. The number of hydrogen-bond donors (Lipinski definition) is 0. The summed E-state index contributed by atoms with van der Waals surface area (Å²) in [5, 5.41) is 1.62. The summed E-state index contributed by atoms with van der Waals surface area (Å²) in [4.78, 5) is 23.9. The van der Waals surface area contributed by atoms with E-state index >= 15 is 0 Å². The van der Waals surface area contributed by atoms with Crippen molar-refractivity contribution in [3.05, 3.63) is 71.8 Å².